The molecule has 1 saturated carbocycles. The van der Waals surface area contributed by atoms with Crippen LogP contribution in [0, 0.1) is 0 Å². The molecule has 4 aromatic rings. The summed E-state index contributed by atoms with van der Waals surface area (Å²) in [5.41, 5.74) is 3.14. The van der Waals surface area contributed by atoms with Gasteiger partial charge in [-0.3, -0.25) is 34.6 Å². The lowest BCUT2D eigenvalue weighted by Gasteiger charge is -2.27. The molecular weight excluding hydrogens is 710 g/mol. The number of hydrogen-bond donors (Lipinski definition) is 4. The molecule has 294 valence electrons. The highest BCUT2D eigenvalue weighted by atomic mass is 16.6. The van der Waals surface area contributed by atoms with E-state index in [-0.39, 0.29) is 36.3 Å². The number of aromatic nitrogens is 5. The second kappa shape index (κ2) is 19.3. The van der Waals surface area contributed by atoms with Crippen LogP contribution in [0.15, 0.2) is 49.1 Å². The lowest BCUT2D eigenvalue weighted by molar-refractivity contribution is -0.120. The number of carbonyl (C=O) groups excluding carboxylic acids is 4. The summed E-state index contributed by atoms with van der Waals surface area (Å²) < 4.78 is 24.2. The zero-order valence-corrected chi connectivity index (χ0v) is 31.3. The van der Waals surface area contributed by atoms with Crippen molar-refractivity contribution in [1.82, 2.24) is 35.6 Å². The van der Waals surface area contributed by atoms with Crippen LogP contribution in [-0.4, -0.2) is 107 Å². The maximum absolute atomic E-state index is 12.8. The molecule has 4 N–H and O–H groups in total. The van der Waals surface area contributed by atoms with Crippen LogP contribution in [0.25, 0.3) is 10.8 Å². The average Bonchev–Trinajstić information content (AvgIpc) is 3.93. The Kier molecular flexibility index (Phi) is 13.8. The van der Waals surface area contributed by atoms with E-state index in [1.807, 2.05) is 32.0 Å². The number of hydrogen-bond acceptors (Lipinski definition) is 11. The Balaban J connectivity index is 0.790. The predicted molar refractivity (Wildman–Crippen MR) is 202 cm³/mol. The van der Waals surface area contributed by atoms with Crippen molar-refractivity contribution in [1.29, 1.82) is 0 Å². The summed E-state index contributed by atoms with van der Waals surface area (Å²) in [5.74, 6) is 0.00892. The Labute approximate surface area is 318 Å². The molecular formula is C38H49N9O8. The molecule has 0 unspecified atom stereocenters. The van der Waals surface area contributed by atoms with Crippen LogP contribution >= 0.6 is 0 Å². The number of aryl methyl sites for hydroxylation is 1. The lowest BCUT2D eigenvalue weighted by atomic mass is 10.0. The Bertz CT molecular complexity index is 1930. The highest BCUT2D eigenvalue weighted by Crippen LogP contribution is 2.36. The SMILES string of the molecule is CC(C)NC(=O)O[C@@H]1CC[C@H](c2cc(NC(=O)c3cnn(CCOCCOCCOCCCc4ccc5c(N6CCC(=O)NC6=O)cncc5c4)c3)n[nH]2)C1. The number of carbonyl (C=O) groups is 4. The molecule has 6 rings (SSSR count). The number of H-pyrrole nitrogens is 1. The fraction of sp³-hybridized carbons (Fsp3) is 0.500. The fourth-order valence-corrected chi connectivity index (χ4v) is 6.61. The minimum absolute atomic E-state index is 0.0198. The minimum Gasteiger partial charge on any atom is -0.446 e. The van der Waals surface area contributed by atoms with E-state index in [4.69, 9.17) is 18.9 Å². The average molecular weight is 760 g/mol. The molecule has 3 aromatic heterocycles. The molecule has 0 radical (unpaired) electrons. The first-order valence-corrected chi connectivity index (χ1v) is 18.8. The quantitative estimate of drug-likeness (QED) is 0.0993. The van der Waals surface area contributed by atoms with Crippen molar-refractivity contribution in [3.63, 3.8) is 0 Å². The molecule has 1 aliphatic heterocycles. The van der Waals surface area contributed by atoms with Gasteiger partial charge in [0.05, 0.1) is 63.2 Å². The zero-order chi connectivity index (χ0) is 38.6. The Morgan fingerprint density at radius 2 is 1.78 bits per heavy atom. The van der Waals surface area contributed by atoms with Gasteiger partial charge in [-0.25, -0.2) is 9.59 Å². The van der Waals surface area contributed by atoms with Crippen LogP contribution < -0.4 is 20.9 Å². The molecule has 1 aliphatic carbocycles. The third-order valence-corrected chi connectivity index (χ3v) is 9.35. The van der Waals surface area contributed by atoms with Crippen molar-refractivity contribution >= 4 is 46.2 Å². The highest BCUT2D eigenvalue weighted by molar-refractivity contribution is 6.09. The maximum atomic E-state index is 12.8. The molecule has 55 heavy (non-hydrogen) atoms. The number of ether oxygens (including phenoxy) is 4. The largest absolute Gasteiger partial charge is 0.446 e. The zero-order valence-electron chi connectivity index (χ0n) is 31.3. The van der Waals surface area contributed by atoms with Crippen LogP contribution in [0.3, 0.4) is 0 Å². The van der Waals surface area contributed by atoms with Gasteiger partial charge < -0.3 is 29.6 Å². The van der Waals surface area contributed by atoms with E-state index < -0.39 is 12.1 Å². The van der Waals surface area contributed by atoms with Crippen LogP contribution in [-0.2, 0) is 36.7 Å². The van der Waals surface area contributed by atoms with Crippen molar-refractivity contribution in [3.05, 3.63) is 65.9 Å². The number of nitrogens with zero attached hydrogens (tertiary/aromatic N) is 5. The first kappa shape index (κ1) is 39.3. The van der Waals surface area contributed by atoms with E-state index >= 15 is 0 Å². The number of imide groups is 1. The van der Waals surface area contributed by atoms with Gasteiger partial charge in [-0.05, 0) is 57.6 Å². The van der Waals surface area contributed by atoms with Crippen LogP contribution in [0.1, 0.15) is 73.5 Å². The molecule has 17 heteroatoms. The lowest BCUT2D eigenvalue weighted by Crippen LogP contribution is -2.49. The molecule has 4 heterocycles. The number of benzene rings is 1. The van der Waals surface area contributed by atoms with Gasteiger partial charge in [0.2, 0.25) is 5.91 Å². The number of alkyl carbamates (subject to hydrolysis) is 1. The third kappa shape index (κ3) is 11.3. The van der Waals surface area contributed by atoms with Gasteiger partial charge in [0.25, 0.3) is 5.91 Å². The number of aromatic amines is 1. The van der Waals surface area contributed by atoms with E-state index in [2.05, 4.69) is 42.3 Å². The number of nitrogens with one attached hydrogen (secondary N) is 4. The monoisotopic (exact) mass is 759 g/mol. The number of amides is 5. The molecule has 1 saturated heterocycles. The van der Waals surface area contributed by atoms with E-state index in [1.54, 1.807) is 28.2 Å². The molecule has 2 fully saturated rings. The molecule has 17 nitrogen and oxygen atoms in total. The van der Waals surface area contributed by atoms with Gasteiger partial charge in [0.1, 0.15) is 6.10 Å². The van der Waals surface area contributed by atoms with Crippen molar-refractivity contribution in [2.45, 2.75) is 77.0 Å². The number of pyridine rings is 1. The summed E-state index contributed by atoms with van der Waals surface area (Å²) in [6.45, 7) is 7.41. The summed E-state index contributed by atoms with van der Waals surface area (Å²) in [5, 5.41) is 21.3. The molecule has 5 amide bonds. The standard InChI is InChI=1S/C38H49N9O8/c1-25(2)41-38(51)55-30-7-6-27(19-30)32-20-34(45-44-32)42-36(49)29-22-40-46(24-29)11-13-53-15-17-54-16-14-52-12-3-4-26-5-8-31-28(18-26)21-39-23-33(31)47-10-9-35(48)43-37(47)50/h5,8,18,20-25,27,30H,3-4,6-7,9-17,19H2,1-2H3,(H,41,51)(H,43,48,50)(H2,42,44,45,49)/t27-,30+/m0/s1. The Morgan fingerprint density at radius 1 is 0.982 bits per heavy atom. The van der Waals surface area contributed by atoms with Gasteiger partial charge in [0, 0.05) is 66.5 Å². The summed E-state index contributed by atoms with van der Waals surface area (Å²) in [6, 6.07) is 7.53. The first-order valence-electron chi connectivity index (χ1n) is 18.8. The molecule has 0 bridgehead atoms. The van der Waals surface area contributed by atoms with Gasteiger partial charge in [-0.2, -0.15) is 10.2 Å². The summed E-state index contributed by atoms with van der Waals surface area (Å²) >= 11 is 0. The van der Waals surface area contributed by atoms with Crippen LogP contribution in [0.2, 0.25) is 0 Å². The first-order chi connectivity index (χ1) is 26.7. The van der Waals surface area contributed by atoms with Gasteiger partial charge in [-0.1, -0.05) is 12.1 Å². The molecule has 0 spiro atoms. The van der Waals surface area contributed by atoms with E-state index in [9.17, 15) is 19.2 Å². The number of anilines is 2. The third-order valence-electron chi connectivity index (χ3n) is 9.35. The number of fused-ring (bicyclic) bond motifs is 1. The number of rotatable bonds is 19. The van der Waals surface area contributed by atoms with Crippen LogP contribution in [0.4, 0.5) is 21.1 Å². The van der Waals surface area contributed by atoms with Crippen molar-refractivity contribution < 1.29 is 38.1 Å². The fourth-order valence-electron chi connectivity index (χ4n) is 6.61. The smallest absolute Gasteiger partial charge is 0.407 e. The molecule has 2 aliphatic rings. The Hall–Kier alpha value is -5.39. The van der Waals surface area contributed by atoms with Crippen molar-refractivity contribution in [3.8, 4) is 0 Å². The summed E-state index contributed by atoms with van der Waals surface area (Å²) in [7, 11) is 0. The van der Waals surface area contributed by atoms with E-state index in [1.165, 1.54) is 6.20 Å². The Morgan fingerprint density at radius 3 is 2.58 bits per heavy atom. The topological polar surface area (TPSA) is 204 Å². The van der Waals surface area contributed by atoms with Crippen molar-refractivity contribution in [2.75, 3.05) is 56.4 Å². The second-order valence-corrected chi connectivity index (χ2v) is 13.9. The highest BCUT2D eigenvalue weighted by Gasteiger charge is 2.30. The van der Waals surface area contributed by atoms with Crippen LogP contribution in [0.5, 0.6) is 0 Å². The number of urea groups is 1. The molecule has 1 aromatic carbocycles. The minimum atomic E-state index is -0.424. The molecule has 2 atom stereocenters. The normalized spacial score (nSPS) is 17.2. The maximum Gasteiger partial charge on any atom is 0.407 e. The second-order valence-electron chi connectivity index (χ2n) is 13.9. The van der Waals surface area contributed by atoms with Gasteiger partial charge in [0.15, 0.2) is 5.82 Å². The van der Waals surface area contributed by atoms with E-state index in [0.717, 1.165) is 47.7 Å². The van der Waals surface area contributed by atoms with Gasteiger partial charge in [-0.15, -0.1) is 0 Å². The summed E-state index contributed by atoms with van der Waals surface area (Å²) in [6.07, 6.45) is 10.3. The van der Waals surface area contributed by atoms with Gasteiger partial charge >= 0.3 is 12.1 Å². The van der Waals surface area contributed by atoms with E-state index in [0.29, 0.717) is 76.2 Å². The van der Waals surface area contributed by atoms with Crippen molar-refractivity contribution in [2.24, 2.45) is 0 Å². The predicted octanol–water partition coefficient (Wildman–Crippen LogP) is 4.31. The summed E-state index contributed by atoms with van der Waals surface area (Å²) in [4.78, 5) is 54.4.